The Labute approximate surface area is 152 Å². The Morgan fingerprint density at radius 2 is 2.19 bits per heavy atom. The Morgan fingerprint density at radius 3 is 2.81 bits per heavy atom. The molecule has 0 aliphatic carbocycles. The molecule has 1 N–H and O–H groups in total. The van der Waals surface area contributed by atoms with Crippen LogP contribution in [0.4, 0.5) is 5.82 Å². The number of aliphatic hydroxyl groups is 1. The largest absolute Gasteiger partial charge is 0.503 e. The van der Waals surface area contributed by atoms with E-state index < -0.39 is 23.5 Å². The third-order valence-corrected chi connectivity index (χ3v) is 4.93. The standard InChI is InChI=1S/C18H13N3O4S/c1-10-8-13(20-25-10)21-15(11-4-2-6-19-9-11)14(17(23)18(21)24)16(22)12-5-3-7-26-12/h2-9,15,23H,1H3. The van der Waals surface area contributed by atoms with Gasteiger partial charge in [-0.1, -0.05) is 17.3 Å². The first-order chi connectivity index (χ1) is 12.6. The summed E-state index contributed by atoms with van der Waals surface area (Å²) >= 11 is 1.25. The summed E-state index contributed by atoms with van der Waals surface area (Å²) in [5.74, 6) is -0.954. The van der Waals surface area contributed by atoms with Crippen molar-refractivity contribution in [3.63, 3.8) is 0 Å². The number of pyridine rings is 1. The summed E-state index contributed by atoms with van der Waals surface area (Å²) in [5.41, 5.74) is 0.594. The Hall–Kier alpha value is -3.26. The predicted molar refractivity (Wildman–Crippen MR) is 94.0 cm³/mol. The maximum absolute atomic E-state index is 13.0. The third kappa shape index (κ3) is 2.51. The fourth-order valence-corrected chi connectivity index (χ4v) is 3.61. The van der Waals surface area contributed by atoms with Crippen LogP contribution >= 0.6 is 11.3 Å². The smallest absolute Gasteiger partial charge is 0.295 e. The number of hydrogen-bond donors (Lipinski definition) is 1. The first kappa shape index (κ1) is 16.2. The second-order valence-electron chi connectivity index (χ2n) is 5.73. The fraction of sp³-hybridized carbons (Fsp3) is 0.111. The lowest BCUT2D eigenvalue weighted by Gasteiger charge is -2.23. The van der Waals surface area contributed by atoms with Gasteiger partial charge < -0.3 is 9.63 Å². The zero-order valence-electron chi connectivity index (χ0n) is 13.6. The summed E-state index contributed by atoms with van der Waals surface area (Å²) in [7, 11) is 0. The zero-order valence-corrected chi connectivity index (χ0v) is 14.4. The molecule has 1 aliphatic heterocycles. The molecule has 0 radical (unpaired) electrons. The predicted octanol–water partition coefficient (Wildman–Crippen LogP) is 3.22. The van der Waals surface area contributed by atoms with E-state index in [1.165, 1.54) is 16.2 Å². The van der Waals surface area contributed by atoms with Gasteiger partial charge in [0.05, 0.1) is 16.5 Å². The SMILES string of the molecule is Cc1cc(N2C(=O)C(O)=C(C(=O)c3cccs3)C2c2cccnc2)no1. The minimum Gasteiger partial charge on any atom is -0.503 e. The molecule has 1 unspecified atom stereocenters. The van der Waals surface area contributed by atoms with Crippen LogP contribution in [-0.4, -0.2) is 26.9 Å². The van der Waals surface area contributed by atoms with Gasteiger partial charge in [-0.2, -0.15) is 0 Å². The molecule has 3 aromatic rings. The van der Waals surface area contributed by atoms with E-state index >= 15 is 0 Å². The van der Waals surface area contributed by atoms with Gasteiger partial charge in [0.1, 0.15) is 5.76 Å². The van der Waals surface area contributed by atoms with Crippen molar-refractivity contribution in [2.45, 2.75) is 13.0 Å². The maximum atomic E-state index is 13.0. The monoisotopic (exact) mass is 367 g/mol. The van der Waals surface area contributed by atoms with Crippen molar-refractivity contribution >= 4 is 28.8 Å². The van der Waals surface area contributed by atoms with Gasteiger partial charge >= 0.3 is 0 Å². The van der Waals surface area contributed by atoms with Crippen LogP contribution < -0.4 is 4.90 Å². The van der Waals surface area contributed by atoms with Crippen LogP contribution in [-0.2, 0) is 4.79 Å². The van der Waals surface area contributed by atoms with E-state index in [0.29, 0.717) is 16.2 Å². The first-order valence-electron chi connectivity index (χ1n) is 7.76. The van der Waals surface area contributed by atoms with Crippen molar-refractivity contribution in [1.29, 1.82) is 0 Å². The summed E-state index contributed by atoms with van der Waals surface area (Å²) in [4.78, 5) is 31.5. The number of anilines is 1. The van der Waals surface area contributed by atoms with Crippen molar-refractivity contribution in [2.24, 2.45) is 0 Å². The number of rotatable bonds is 4. The molecule has 4 heterocycles. The van der Waals surface area contributed by atoms with Crippen molar-refractivity contribution < 1.29 is 19.2 Å². The van der Waals surface area contributed by atoms with Gasteiger partial charge in [-0.3, -0.25) is 19.5 Å². The van der Waals surface area contributed by atoms with E-state index in [0.717, 1.165) is 0 Å². The summed E-state index contributed by atoms with van der Waals surface area (Å²) in [6.07, 6.45) is 3.15. The van der Waals surface area contributed by atoms with E-state index in [1.807, 2.05) is 0 Å². The summed E-state index contributed by atoms with van der Waals surface area (Å²) in [6.45, 7) is 1.70. The Kier molecular flexibility index (Phi) is 3.89. The van der Waals surface area contributed by atoms with Crippen LogP contribution in [0.15, 0.2) is 64.0 Å². The Morgan fingerprint density at radius 1 is 1.35 bits per heavy atom. The fourth-order valence-electron chi connectivity index (χ4n) is 2.93. The van der Waals surface area contributed by atoms with Gasteiger partial charge in [-0.05, 0) is 30.0 Å². The van der Waals surface area contributed by atoms with E-state index in [9.17, 15) is 14.7 Å². The zero-order chi connectivity index (χ0) is 18.3. The number of nitrogens with zero attached hydrogens (tertiary/aromatic N) is 3. The number of carbonyl (C=O) groups is 2. The molecule has 4 rings (SSSR count). The van der Waals surface area contributed by atoms with E-state index in [-0.39, 0.29) is 11.4 Å². The number of thiophene rings is 1. The molecule has 0 saturated heterocycles. The minimum atomic E-state index is -0.838. The Balaban J connectivity index is 1.88. The average molecular weight is 367 g/mol. The molecule has 0 saturated carbocycles. The highest BCUT2D eigenvalue weighted by molar-refractivity contribution is 7.12. The van der Waals surface area contributed by atoms with Crippen LogP contribution in [0, 0.1) is 6.92 Å². The quantitative estimate of drug-likeness (QED) is 0.711. The molecule has 1 amide bonds. The highest BCUT2D eigenvalue weighted by Crippen LogP contribution is 2.41. The number of amides is 1. The average Bonchev–Trinajstić information content (AvgIpc) is 3.37. The normalized spacial score (nSPS) is 17.2. The molecule has 3 aromatic heterocycles. The molecule has 0 aromatic carbocycles. The van der Waals surface area contributed by atoms with Crippen LogP contribution in [0.2, 0.25) is 0 Å². The number of hydrogen-bond acceptors (Lipinski definition) is 7. The second kappa shape index (κ2) is 6.23. The molecular weight excluding hydrogens is 354 g/mol. The summed E-state index contributed by atoms with van der Waals surface area (Å²) < 4.78 is 5.07. The van der Waals surface area contributed by atoms with Crippen molar-refractivity contribution in [1.82, 2.24) is 10.1 Å². The van der Waals surface area contributed by atoms with Gasteiger partial charge in [-0.25, -0.2) is 0 Å². The van der Waals surface area contributed by atoms with Gasteiger partial charge in [0.2, 0.25) is 5.78 Å². The van der Waals surface area contributed by atoms with Crippen LogP contribution in [0.3, 0.4) is 0 Å². The molecule has 0 fully saturated rings. The number of aryl methyl sites for hydroxylation is 1. The highest BCUT2D eigenvalue weighted by atomic mass is 32.1. The van der Waals surface area contributed by atoms with E-state index in [1.54, 1.807) is 55.0 Å². The van der Waals surface area contributed by atoms with E-state index in [2.05, 4.69) is 10.1 Å². The van der Waals surface area contributed by atoms with Gasteiger partial charge in [0.15, 0.2) is 11.6 Å². The van der Waals surface area contributed by atoms with Gasteiger partial charge in [0, 0.05) is 18.5 Å². The van der Waals surface area contributed by atoms with Crippen molar-refractivity contribution in [3.8, 4) is 0 Å². The topological polar surface area (TPSA) is 96.5 Å². The lowest BCUT2D eigenvalue weighted by molar-refractivity contribution is -0.117. The Bertz CT molecular complexity index is 1010. The number of carbonyl (C=O) groups excluding carboxylic acids is 2. The number of aromatic nitrogens is 2. The number of ketones is 1. The van der Waals surface area contributed by atoms with Crippen molar-refractivity contribution in [3.05, 3.63) is 75.6 Å². The summed E-state index contributed by atoms with van der Waals surface area (Å²) in [5, 5.41) is 16.1. The van der Waals surface area contributed by atoms with Gasteiger partial charge in [-0.15, -0.1) is 11.3 Å². The molecule has 8 heteroatoms. The minimum absolute atomic E-state index is 0.00565. The molecule has 1 atom stereocenters. The molecule has 0 spiro atoms. The third-order valence-electron chi connectivity index (χ3n) is 4.06. The van der Waals surface area contributed by atoms with E-state index in [4.69, 9.17) is 4.52 Å². The maximum Gasteiger partial charge on any atom is 0.295 e. The van der Waals surface area contributed by atoms with Crippen LogP contribution in [0.1, 0.15) is 27.0 Å². The second-order valence-corrected chi connectivity index (χ2v) is 6.68. The van der Waals surface area contributed by atoms with Crippen LogP contribution in [0.5, 0.6) is 0 Å². The molecule has 130 valence electrons. The van der Waals surface area contributed by atoms with Crippen molar-refractivity contribution in [2.75, 3.05) is 4.90 Å². The number of Topliss-reactive ketones (excluding diaryl/α,β-unsaturated/α-hetero) is 1. The molecule has 1 aliphatic rings. The first-order valence-corrected chi connectivity index (χ1v) is 8.64. The highest BCUT2D eigenvalue weighted by Gasteiger charge is 2.46. The molecule has 7 nitrogen and oxygen atoms in total. The lowest BCUT2D eigenvalue weighted by atomic mass is 9.96. The van der Waals surface area contributed by atoms with Gasteiger partial charge in [0.25, 0.3) is 5.91 Å². The molecular formula is C18H13N3O4S. The lowest BCUT2D eigenvalue weighted by Crippen LogP contribution is -2.31. The van der Waals surface area contributed by atoms with Crippen LogP contribution in [0.25, 0.3) is 0 Å². The number of aliphatic hydroxyl groups excluding tert-OH is 1. The molecule has 26 heavy (non-hydrogen) atoms. The molecule has 0 bridgehead atoms. The summed E-state index contributed by atoms with van der Waals surface area (Å²) in [6, 6.07) is 7.58.